The number of halogens is 1. The first kappa shape index (κ1) is 11.5. The molecule has 82 valence electrons. The molecule has 0 unspecified atom stereocenters. The van der Waals surface area contributed by atoms with Gasteiger partial charge in [-0.25, -0.2) is 9.18 Å². The van der Waals surface area contributed by atoms with Gasteiger partial charge in [-0.15, -0.1) is 0 Å². The number of benzene rings is 1. The highest BCUT2D eigenvalue weighted by atomic mass is 19.1. The molecule has 1 aromatic carbocycles. The second-order valence-electron chi connectivity index (χ2n) is 4.05. The van der Waals surface area contributed by atoms with Crippen molar-refractivity contribution in [3.8, 4) is 0 Å². The van der Waals surface area contributed by atoms with Crippen LogP contribution in [-0.4, -0.2) is 17.7 Å². The summed E-state index contributed by atoms with van der Waals surface area (Å²) in [7, 11) is 0. The third-order valence-corrected chi connectivity index (χ3v) is 2.31. The molecular weight excluding hydrogens is 197 g/mol. The van der Waals surface area contributed by atoms with Crippen molar-refractivity contribution in [3.63, 3.8) is 0 Å². The average molecular weight is 211 g/mol. The van der Waals surface area contributed by atoms with Crippen LogP contribution >= 0.6 is 0 Å². The zero-order valence-corrected chi connectivity index (χ0v) is 8.75. The predicted octanol–water partition coefficient (Wildman–Crippen LogP) is 2.37. The molecule has 0 aromatic heterocycles. The first-order valence-electron chi connectivity index (χ1n) is 4.65. The van der Waals surface area contributed by atoms with Crippen LogP contribution in [0, 0.1) is 5.82 Å². The summed E-state index contributed by atoms with van der Waals surface area (Å²) in [6.45, 7) is 4.10. The Bertz CT molecular complexity index is 346. The molecule has 3 nitrogen and oxygen atoms in total. The van der Waals surface area contributed by atoms with Crippen LogP contribution in [0.5, 0.6) is 0 Å². The molecule has 0 spiro atoms. The highest BCUT2D eigenvalue weighted by Gasteiger charge is 2.21. The van der Waals surface area contributed by atoms with Crippen molar-refractivity contribution in [3.05, 3.63) is 35.6 Å². The minimum atomic E-state index is -1.05. The Balaban J connectivity index is 2.76. The van der Waals surface area contributed by atoms with E-state index in [4.69, 9.17) is 5.11 Å². The summed E-state index contributed by atoms with van der Waals surface area (Å²) < 4.78 is 12.7. The Morgan fingerprint density at radius 2 is 1.93 bits per heavy atom. The van der Waals surface area contributed by atoms with E-state index in [1.54, 1.807) is 12.1 Å². The Morgan fingerprint density at radius 1 is 1.40 bits per heavy atom. The second kappa shape index (κ2) is 4.29. The van der Waals surface area contributed by atoms with Crippen LogP contribution in [-0.2, 0) is 5.41 Å². The highest BCUT2D eigenvalue weighted by molar-refractivity contribution is 5.64. The molecule has 1 rings (SSSR count). The van der Waals surface area contributed by atoms with E-state index in [0.717, 1.165) is 5.56 Å². The predicted molar refractivity (Wildman–Crippen MR) is 55.5 cm³/mol. The Kier molecular flexibility index (Phi) is 3.29. The van der Waals surface area contributed by atoms with Crippen LogP contribution in [0.3, 0.4) is 0 Å². The number of hydrogen-bond acceptors (Lipinski definition) is 1. The van der Waals surface area contributed by atoms with Crippen LogP contribution < -0.4 is 5.32 Å². The fraction of sp³-hybridized carbons (Fsp3) is 0.364. The highest BCUT2D eigenvalue weighted by Crippen LogP contribution is 2.22. The van der Waals surface area contributed by atoms with E-state index in [2.05, 4.69) is 5.32 Å². The molecule has 2 N–H and O–H groups in total. The molecule has 0 saturated carbocycles. The number of carboxylic acid groups (broad SMARTS) is 1. The summed E-state index contributed by atoms with van der Waals surface area (Å²) in [5.74, 6) is -0.291. The van der Waals surface area contributed by atoms with Crippen LogP contribution in [0.15, 0.2) is 24.3 Å². The third-order valence-electron chi connectivity index (χ3n) is 2.31. The Hall–Kier alpha value is -1.58. The lowest BCUT2D eigenvalue weighted by atomic mass is 9.85. The zero-order chi connectivity index (χ0) is 11.5. The molecule has 0 bridgehead atoms. The third kappa shape index (κ3) is 3.23. The van der Waals surface area contributed by atoms with E-state index in [9.17, 15) is 9.18 Å². The number of rotatable bonds is 3. The normalized spacial score (nSPS) is 11.1. The van der Waals surface area contributed by atoms with Gasteiger partial charge in [0.15, 0.2) is 0 Å². The molecule has 1 amide bonds. The molecular formula is C11H14FNO2. The van der Waals surface area contributed by atoms with Gasteiger partial charge >= 0.3 is 6.09 Å². The van der Waals surface area contributed by atoms with Gasteiger partial charge < -0.3 is 10.4 Å². The Morgan fingerprint density at radius 3 is 2.40 bits per heavy atom. The number of nitrogens with one attached hydrogen (secondary N) is 1. The van der Waals surface area contributed by atoms with Gasteiger partial charge in [0.2, 0.25) is 0 Å². The largest absolute Gasteiger partial charge is 0.465 e. The second-order valence-corrected chi connectivity index (χ2v) is 4.05. The lowest BCUT2D eigenvalue weighted by Crippen LogP contribution is -2.35. The van der Waals surface area contributed by atoms with E-state index >= 15 is 0 Å². The summed E-state index contributed by atoms with van der Waals surface area (Å²) in [5.41, 5.74) is 0.559. The molecule has 0 radical (unpaired) electrons. The van der Waals surface area contributed by atoms with E-state index < -0.39 is 6.09 Å². The van der Waals surface area contributed by atoms with Gasteiger partial charge in [0.05, 0.1) is 0 Å². The molecule has 0 aliphatic rings. The summed E-state index contributed by atoms with van der Waals surface area (Å²) in [6.07, 6.45) is -1.05. The standard InChI is InChI=1S/C11H14FNO2/c1-11(2,7-13-10(14)15)8-3-5-9(12)6-4-8/h3-6,13H,7H2,1-2H3,(H,14,15). The Labute approximate surface area is 87.9 Å². The van der Waals surface area contributed by atoms with E-state index in [1.165, 1.54) is 12.1 Å². The van der Waals surface area contributed by atoms with Crippen molar-refractivity contribution in [2.75, 3.05) is 6.54 Å². The maximum absolute atomic E-state index is 12.7. The molecule has 0 aliphatic carbocycles. The molecule has 0 aliphatic heterocycles. The van der Waals surface area contributed by atoms with Gasteiger partial charge in [0, 0.05) is 12.0 Å². The molecule has 0 saturated heterocycles. The lowest BCUT2D eigenvalue weighted by molar-refractivity contribution is 0.192. The fourth-order valence-electron chi connectivity index (χ4n) is 1.30. The maximum Gasteiger partial charge on any atom is 0.404 e. The maximum atomic E-state index is 12.7. The van der Waals surface area contributed by atoms with Crippen LogP contribution in [0.4, 0.5) is 9.18 Å². The molecule has 0 fully saturated rings. The zero-order valence-electron chi connectivity index (χ0n) is 8.75. The van der Waals surface area contributed by atoms with E-state index in [0.29, 0.717) is 6.54 Å². The summed E-state index contributed by atoms with van der Waals surface area (Å²) in [5, 5.41) is 10.8. The topological polar surface area (TPSA) is 49.3 Å². The van der Waals surface area contributed by atoms with Gasteiger partial charge in [0.1, 0.15) is 5.82 Å². The average Bonchev–Trinajstić information content (AvgIpc) is 2.16. The van der Waals surface area contributed by atoms with Gasteiger partial charge in [-0.1, -0.05) is 26.0 Å². The van der Waals surface area contributed by atoms with Gasteiger partial charge in [0.25, 0.3) is 0 Å². The van der Waals surface area contributed by atoms with Crippen molar-refractivity contribution in [2.45, 2.75) is 19.3 Å². The van der Waals surface area contributed by atoms with Gasteiger partial charge in [-0.3, -0.25) is 0 Å². The van der Waals surface area contributed by atoms with Gasteiger partial charge in [-0.2, -0.15) is 0 Å². The quantitative estimate of drug-likeness (QED) is 0.806. The van der Waals surface area contributed by atoms with Crippen LogP contribution in [0.25, 0.3) is 0 Å². The van der Waals surface area contributed by atoms with Crippen LogP contribution in [0.2, 0.25) is 0 Å². The number of amides is 1. The van der Waals surface area contributed by atoms with Crippen molar-refractivity contribution in [1.82, 2.24) is 5.32 Å². The summed E-state index contributed by atoms with van der Waals surface area (Å²) >= 11 is 0. The summed E-state index contributed by atoms with van der Waals surface area (Å²) in [6, 6.07) is 6.08. The van der Waals surface area contributed by atoms with Crippen molar-refractivity contribution in [1.29, 1.82) is 0 Å². The van der Waals surface area contributed by atoms with Crippen molar-refractivity contribution in [2.24, 2.45) is 0 Å². The van der Waals surface area contributed by atoms with E-state index in [-0.39, 0.29) is 11.2 Å². The SMILES string of the molecule is CC(C)(CNC(=O)O)c1ccc(F)cc1. The molecule has 4 heteroatoms. The number of carbonyl (C=O) groups is 1. The van der Waals surface area contributed by atoms with Crippen molar-refractivity contribution >= 4 is 6.09 Å². The van der Waals surface area contributed by atoms with Crippen molar-refractivity contribution < 1.29 is 14.3 Å². The van der Waals surface area contributed by atoms with E-state index in [1.807, 2.05) is 13.8 Å². The fourth-order valence-corrected chi connectivity index (χ4v) is 1.30. The molecule has 1 aromatic rings. The first-order valence-corrected chi connectivity index (χ1v) is 4.65. The first-order chi connectivity index (χ1) is 6.92. The molecule has 0 atom stereocenters. The smallest absolute Gasteiger partial charge is 0.404 e. The minimum absolute atomic E-state index is 0.291. The van der Waals surface area contributed by atoms with Crippen LogP contribution in [0.1, 0.15) is 19.4 Å². The summed E-state index contributed by atoms with van der Waals surface area (Å²) in [4.78, 5) is 10.4. The molecule has 15 heavy (non-hydrogen) atoms. The number of hydrogen-bond donors (Lipinski definition) is 2. The lowest BCUT2D eigenvalue weighted by Gasteiger charge is -2.24. The monoisotopic (exact) mass is 211 g/mol. The van der Waals surface area contributed by atoms with Gasteiger partial charge in [-0.05, 0) is 17.7 Å². The molecule has 0 heterocycles. The minimum Gasteiger partial charge on any atom is -0.465 e.